The molecule has 0 radical (unpaired) electrons. The first-order valence-electron chi connectivity index (χ1n) is 8.90. The number of halogens is 3. The molecule has 4 rings (SSSR count). The molecular weight excluding hydrogens is 415 g/mol. The van der Waals surface area contributed by atoms with Crippen molar-refractivity contribution in [2.24, 2.45) is 0 Å². The minimum Gasteiger partial charge on any atom is -0.493 e. The van der Waals surface area contributed by atoms with Crippen LogP contribution >= 0.6 is 0 Å². The molecule has 11 heteroatoms. The van der Waals surface area contributed by atoms with Crippen LogP contribution in [0, 0.1) is 0 Å². The Kier molecular flexibility index (Phi) is 5.24. The fourth-order valence-electron chi connectivity index (χ4n) is 3.04. The second-order valence-electron chi connectivity index (χ2n) is 6.28. The SMILES string of the molecule is COc1ccc(-c2cnc(-c3cc(OC(F)(F)F)ccc3-n3cncn3)[nH]2)cc1OC. The summed E-state index contributed by atoms with van der Waals surface area (Å²) in [5, 5.41) is 4.05. The van der Waals surface area contributed by atoms with Gasteiger partial charge in [0.1, 0.15) is 24.2 Å². The van der Waals surface area contributed by atoms with Gasteiger partial charge in [0, 0.05) is 11.1 Å². The highest BCUT2D eigenvalue weighted by molar-refractivity contribution is 5.73. The Hall–Kier alpha value is -4.02. The number of hydrogen-bond acceptors (Lipinski definition) is 6. The molecule has 8 nitrogen and oxygen atoms in total. The lowest BCUT2D eigenvalue weighted by Crippen LogP contribution is -2.17. The smallest absolute Gasteiger partial charge is 0.493 e. The summed E-state index contributed by atoms with van der Waals surface area (Å²) >= 11 is 0. The molecule has 0 saturated heterocycles. The Balaban J connectivity index is 1.77. The molecule has 0 aliphatic carbocycles. The molecule has 0 saturated carbocycles. The predicted molar refractivity (Wildman–Crippen MR) is 104 cm³/mol. The topological polar surface area (TPSA) is 87.1 Å². The number of methoxy groups -OCH3 is 2. The zero-order valence-corrected chi connectivity index (χ0v) is 16.3. The average Bonchev–Trinajstić information content (AvgIpc) is 3.44. The summed E-state index contributed by atoms with van der Waals surface area (Å²) in [5.41, 5.74) is 2.20. The number of ether oxygens (including phenoxy) is 3. The standard InChI is InChI=1S/C20H16F3N5O3/c1-29-17-6-3-12(7-18(17)30-2)15-9-25-19(27-15)14-8-13(31-20(21,22)23)4-5-16(14)28-11-24-10-26-28/h3-11H,1-2H3,(H,25,27). The van der Waals surface area contributed by atoms with Crippen molar-refractivity contribution in [2.45, 2.75) is 6.36 Å². The third kappa shape index (κ3) is 4.29. The lowest BCUT2D eigenvalue weighted by atomic mass is 10.1. The van der Waals surface area contributed by atoms with Crippen LogP contribution in [0.5, 0.6) is 17.2 Å². The van der Waals surface area contributed by atoms with Crippen molar-refractivity contribution in [1.82, 2.24) is 24.7 Å². The Bertz CT molecular complexity index is 1190. The van der Waals surface area contributed by atoms with E-state index in [1.807, 2.05) is 0 Å². The fourth-order valence-corrected chi connectivity index (χ4v) is 3.04. The van der Waals surface area contributed by atoms with Gasteiger partial charge in [-0.2, -0.15) is 5.10 Å². The molecule has 0 atom stereocenters. The van der Waals surface area contributed by atoms with Crippen LogP contribution in [-0.4, -0.2) is 45.3 Å². The molecule has 0 unspecified atom stereocenters. The van der Waals surface area contributed by atoms with Crippen molar-refractivity contribution < 1.29 is 27.4 Å². The molecule has 2 aromatic heterocycles. The van der Waals surface area contributed by atoms with Crippen LogP contribution in [0.2, 0.25) is 0 Å². The lowest BCUT2D eigenvalue weighted by molar-refractivity contribution is -0.274. The van der Waals surface area contributed by atoms with E-state index < -0.39 is 6.36 Å². The van der Waals surface area contributed by atoms with Gasteiger partial charge >= 0.3 is 6.36 Å². The van der Waals surface area contributed by atoms with Gasteiger partial charge in [-0.15, -0.1) is 13.2 Å². The zero-order valence-electron chi connectivity index (χ0n) is 16.3. The molecule has 0 fully saturated rings. The first-order valence-corrected chi connectivity index (χ1v) is 8.90. The summed E-state index contributed by atoms with van der Waals surface area (Å²) in [6, 6.07) is 9.20. The van der Waals surface area contributed by atoms with Crippen LogP contribution in [0.15, 0.2) is 55.2 Å². The number of aromatic amines is 1. The van der Waals surface area contributed by atoms with Gasteiger partial charge in [0.05, 0.1) is 31.8 Å². The summed E-state index contributed by atoms with van der Waals surface area (Å²) in [4.78, 5) is 11.4. The normalized spacial score (nSPS) is 11.4. The molecule has 1 N–H and O–H groups in total. The minimum atomic E-state index is -4.82. The van der Waals surface area contributed by atoms with Crippen molar-refractivity contribution in [3.8, 4) is 45.6 Å². The lowest BCUT2D eigenvalue weighted by Gasteiger charge is -2.12. The first-order chi connectivity index (χ1) is 14.9. The molecule has 0 amide bonds. The molecule has 0 aliphatic rings. The van der Waals surface area contributed by atoms with Gasteiger partial charge in [0.15, 0.2) is 11.5 Å². The highest BCUT2D eigenvalue weighted by Gasteiger charge is 2.31. The molecule has 4 aromatic rings. The summed E-state index contributed by atoms with van der Waals surface area (Å²) < 4.78 is 54.2. The van der Waals surface area contributed by atoms with Crippen LogP contribution in [0.3, 0.4) is 0 Å². The van der Waals surface area contributed by atoms with E-state index in [1.165, 1.54) is 49.8 Å². The number of benzene rings is 2. The Morgan fingerprint density at radius 3 is 2.48 bits per heavy atom. The molecular formula is C20H16F3N5O3. The number of nitrogens with zero attached hydrogens (tertiary/aromatic N) is 4. The summed E-state index contributed by atoms with van der Waals surface area (Å²) in [7, 11) is 3.06. The van der Waals surface area contributed by atoms with E-state index in [0.717, 1.165) is 5.56 Å². The van der Waals surface area contributed by atoms with E-state index in [-0.39, 0.29) is 5.75 Å². The number of rotatable bonds is 6. The largest absolute Gasteiger partial charge is 0.573 e. The van der Waals surface area contributed by atoms with Crippen LogP contribution in [0.25, 0.3) is 28.3 Å². The second-order valence-corrected chi connectivity index (χ2v) is 6.28. The monoisotopic (exact) mass is 431 g/mol. The maximum Gasteiger partial charge on any atom is 0.573 e. The van der Waals surface area contributed by atoms with Crippen LogP contribution < -0.4 is 14.2 Å². The van der Waals surface area contributed by atoms with E-state index in [2.05, 4.69) is 24.8 Å². The first kappa shape index (κ1) is 20.3. The quantitative estimate of drug-likeness (QED) is 0.491. The molecule has 0 spiro atoms. The maximum atomic E-state index is 12.7. The van der Waals surface area contributed by atoms with E-state index in [0.29, 0.717) is 34.3 Å². The third-order valence-electron chi connectivity index (χ3n) is 4.39. The number of hydrogen-bond donors (Lipinski definition) is 1. The van der Waals surface area contributed by atoms with Crippen molar-refractivity contribution >= 4 is 0 Å². The van der Waals surface area contributed by atoms with Crippen molar-refractivity contribution in [3.63, 3.8) is 0 Å². The van der Waals surface area contributed by atoms with Gasteiger partial charge < -0.3 is 19.2 Å². The molecule has 0 bridgehead atoms. The van der Waals surface area contributed by atoms with Crippen molar-refractivity contribution in [1.29, 1.82) is 0 Å². The van der Waals surface area contributed by atoms with Gasteiger partial charge in [-0.3, -0.25) is 0 Å². The van der Waals surface area contributed by atoms with E-state index >= 15 is 0 Å². The van der Waals surface area contributed by atoms with E-state index in [9.17, 15) is 13.2 Å². The molecule has 31 heavy (non-hydrogen) atoms. The summed E-state index contributed by atoms with van der Waals surface area (Å²) in [6.45, 7) is 0. The van der Waals surface area contributed by atoms with Crippen LogP contribution in [0.1, 0.15) is 0 Å². The van der Waals surface area contributed by atoms with Crippen molar-refractivity contribution in [3.05, 3.63) is 55.2 Å². The number of aromatic nitrogens is 5. The minimum absolute atomic E-state index is 0.322. The van der Waals surface area contributed by atoms with Gasteiger partial charge in [-0.25, -0.2) is 14.6 Å². The number of H-pyrrole nitrogens is 1. The second kappa shape index (κ2) is 8.01. The van der Waals surface area contributed by atoms with Crippen molar-refractivity contribution in [2.75, 3.05) is 14.2 Å². The van der Waals surface area contributed by atoms with Gasteiger partial charge in [0.2, 0.25) is 0 Å². The number of imidazole rings is 1. The Labute approximate surface area is 174 Å². The summed E-state index contributed by atoms with van der Waals surface area (Å²) in [6.07, 6.45) is -0.499. The van der Waals surface area contributed by atoms with E-state index in [1.54, 1.807) is 24.4 Å². The Morgan fingerprint density at radius 1 is 1.00 bits per heavy atom. The molecule has 0 aliphatic heterocycles. The number of alkyl halides is 3. The fraction of sp³-hybridized carbons (Fsp3) is 0.150. The Morgan fingerprint density at radius 2 is 1.81 bits per heavy atom. The highest BCUT2D eigenvalue weighted by Crippen LogP contribution is 2.35. The maximum absolute atomic E-state index is 12.7. The molecule has 2 aromatic carbocycles. The summed E-state index contributed by atoms with van der Waals surface area (Å²) in [5.74, 6) is 1.04. The van der Waals surface area contributed by atoms with Gasteiger partial charge in [0.25, 0.3) is 0 Å². The third-order valence-corrected chi connectivity index (χ3v) is 4.39. The predicted octanol–water partition coefficient (Wildman–Crippen LogP) is 4.24. The molecule has 2 heterocycles. The van der Waals surface area contributed by atoms with Gasteiger partial charge in [-0.05, 0) is 36.4 Å². The number of nitrogens with one attached hydrogen (secondary N) is 1. The van der Waals surface area contributed by atoms with Gasteiger partial charge in [-0.1, -0.05) is 0 Å². The van der Waals surface area contributed by atoms with E-state index in [4.69, 9.17) is 9.47 Å². The zero-order chi connectivity index (χ0) is 22.0. The highest BCUT2D eigenvalue weighted by atomic mass is 19.4. The average molecular weight is 431 g/mol. The van der Waals surface area contributed by atoms with Crippen LogP contribution in [-0.2, 0) is 0 Å². The molecule has 160 valence electrons. The van der Waals surface area contributed by atoms with Crippen LogP contribution in [0.4, 0.5) is 13.2 Å².